The van der Waals surface area contributed by atoms with Crippen molar-refractivity contribution in [3.63, 3.8) is 0 Å². The van der Waals surface area contributed by atoms with E-state index in [1.165, 1.54) is 17.2 Å². The third-order valence-corrected chi connectivity index (χ3v) is 7.58. The average Bonchev–Trinajstić information content (AvgIpc) is 3.27. The molecule has 4 nitrogen and oxygen atoms in total. The van der Waals surface area contributed by atoms with Crippen LogP contribution in [0.15, 0.2) is 82.0 Å². The van der Waals surface area contributed by atoms with E-state index in [1.54, 1.807) is 6.07 Å². The second kappa shape index (κ2) is 8.81. The van der Waals surface area contributed by atoms with Crippen LogP contribution in [0.4, 0.5) is 0 Å². The van der Waals surface area contributed by atoms with E-state index < -0.39 is 0 Å². The number of carbonyl (C=O) groups is 1. The minimum Gasteiger partial charge on any atom is -0.456 e. The highest BCUT2D eigenvalue weighted by Gasteiger charge is 2.24. The zero-order valence-corrected chi connectivity index (χ0v) is 20.9. The largest absolute Gasteiger partial charge is 0.456 e. The van der Waals surface area contributed by atoms with Crippen molar-refractivity contribution in [3.05, 3.63) is 115 Å². The van der Waals surface area contributed by atoms with Crippen LogP contribution >= 0.6 is 23.2 Å². The molecule has 0 saturated carbocycles. The number of aryl methyl sites for hydroxylation is 1. The number of hydrogen-bond donors (Lipinski definition) is 1. The van der Waals surface area contributed by atoms with E-state index in [9.17, 15) is 9.59 Å². The van der Waals surface area contributed by atoms with Crippen LogP contribution in [-0.2, 0) is 12.8 Å². The molecule has 0 atom stereocenters. The van der Waals surface area contributed by atoms with Crippen molar-refractivity contribution < 1.29 is 9.21 Å². The molecule has 6 heteroatoms. The Bertz CT molecular complexity index is 1660. The second-order valence-corrected chi connectivity index (χ2v) is 10.1. The summed E-state index contributed by atoms with van der Waals surface area (Å²) in [5.41, 5.74) is 6.75. The van der Waals surface area contributed by atoms with E-state index >= 15 is 0 Å². The van der Waals surface area contributed by atoms with Crippen LogP contribution < -0.4 is 10.7 Å². The van der Waals surface area contributed by atoms with Gasteiger partial charge in [0.05, 0.1) is 5.02 Å². The van der Waals surface area contributed by atoms with Crippen LogP contribution in [0.1, 0.15) is 27.0 Å². The van der Waals surface area contributed by atoms with E-state index in [-0.39, 0.29) is 22.4 Å². The van der Waals surface area contributed by atoms with Crippen LogP contribution in [0.3, 0.4) is 0 Å². The summed E-state index contributed by atoms with van der Waals surface area (Å²) in [6.45, 7) is 1.90. The summed E-state index contributed by atoms with van der Waals surface area (Å²) in [5.74, 6) is 0.339. The number of carbonyl (C=O) groups excluding carboxylic acids is 1. The number of fused-ring (bicyclic) bond motifs is 3. The SMILES string of the molecule is Cc1cc2oc3cc(=O)c(Cl)cc-3c(-c3ccc(C(=O)NC4Cc5ccccc5C4)cc3)c2cc1Cl. The predicted octanol–water partition coefficient (Wildman–Crippen LogP) is 7.08. The summed E-state index contributed by atoms with van der Waals surface area (Å²) in [6, 6.07) is 22.6. The van der Waals surface area contributed by atoms with Gasteiger partial charge < -0.3 is 9.73 Å². The zero-order chi connectivity index (χ0) is 25.0. The summed E-state index contributed by atoms with van der Waals surface area (Å²) in [5, 5.41) is 4.69. The predicted molar refractivity (Wildman–Crippen MR) is 144 cm³/mol. The third-order valence-electron chi connectivity index (χ3n) is 6.88. The van der Waals surface area contributed by atoms with Gasteiger partial charge in [-0.1, -0.05) is 59.6 Å². The number of nitrogens with one attached hydrogen (secondary N) is 1. The lowest BCUT2D eigenvalue weighted by molar-refractivity contribution is 0.0938. The molecule has 1 aliphatic heterocycles. The fourth-order valence-corrected chi connectivity index (χ4v) is 5.37. The summed E-state index contributed by atoms with van der Waals surface area (Å²) < 4.78 is 6.06. The average molecular weight is 514 g/mol. The maximum Gasteiger partial charge on any atom is 0.251 e. The molecule has 3 aromatic carbocycles. The number of rotatable bonds is 3. The molecule has 178 valence electrons. The lowest BCUT2D eigenvalue weighted by atomic mass is 9.92. The Morgan fingerprint density at radius 1 is 0.917 bits per heavy atom. The van der Waals surface area contributed by atoms with E-state index in [0.29, 0.717) is 27.5 Å². The monoisotopic (exact) mass is 513 g/mol. The molecule has 0 saturated heterocycles. The Kier molecular flexibility index (Phi) is 5.59. The number of halogens is 2. The third kappa shape index (κ3) is 3.97. The molecule has 36 heavy (non-hydrogen) atoms. The van der Waals surface area contributed by atoms with E-state index in [0.717, 1.165) is 34.9 Å². The van der Waals surface area contributed by atoms with Crippen molar-refractivity contribution in [2.75, 3.05) is 0 Å². The first-order valence-corrected chi connectivity index (χ1v) is 12.5. The van der Waals surface area contributed by atoms with Gasteiger partial charge in [-0.05, 0) is 72.4 Å². The van der Waals surface area contributed by atoms with Gasteiger partial charge in [0.25, 0.3) is 5.91 Å². The summed E-state index contributed by atoms with van der Waals surface area (Å²) in [6.07, 6.45) is 1.68. The van der Waals surface area contributed by atoms with Crippen LogP contribution in [0, 0.1) is 6.92 Å². The van der Waals surface area contributed by atoms with Crippen molar-refractivity contribution >= 4 is 40.1 Å². The molecule has 0 spiro atoms. The summed E-state index contributed by atoms with van der Waals surface area (Å²) in [7, 11) is 0. The van der Waals surface area contributed by atoms with Gasteiger partial charge in [0, 0.05) is 39.2 Å². The molecular formula is C30H21Cl2NO3. The first-order chi connectivity index (χ1) is 17.4. The highest BCUT2D eigenvalue weighted by atomic mass is 35.5. The number of benzene rings is 4. The molecule has 1 heterocycles. The Morgan fingerprint density at radius 3 is 2.31 bits per heavy atom. The van der Waals surface area contributed by atoms with E-state index in [1.807, 2.05) is 55.5 Å². The number of hydrogen-bond acceptors (Lipinski definition) is 3. The van der Waals surface area contributed by atoms with Gasteiger partial charge in [-0.2, -0.15) is 0 Å². The minimum absolute atomic E-state index is 0.0898. The Balaban J connectivity index is 1.38. The molecular weight excluding hydrogens is 493 g/mol. The summed E-state index contributed by atoms with van der Waals surface area (Å²) in [4.78, 5) is 25.2. The molecule has 2 aliphatic carbocycles. The van der Waals surface area contributed by atoms with E-state index in [4.69, 9.17) is 27.6 Å². The van der Waals surface area contributed by atoms with Crippen molar-refractivity contribution in [3.8, 4) is 22.5 Å². The Hall–Kier alpha value is -3.60. The minimum atomic E-state index is -0.301. The van der Waals surface area contributed by atoms with Crippen molar-refractivity contribution in [2.24, 2.45) is 0 Å². The maximum absolute atomic E-state index is 13.0. The van der Waals surface area contributed by atoms with E-state index in [2.05, 4.69) is 17.4 Å². The summed E-state index contributed by atoms with van der Waals surface area (Å²) >= 11 is 12.7. The van der Waals surface area contributed by atoms with Gasteiger partial charge in [-0.3, -0.25) is 9.59 Å². The van der Waals surface area contributed by atoms with Gasteiger partial charge >= 0.3 is 0 Å². The maximum atomic E-state index is 13.0. The van der Waals surface area contributed by atoms with Crippen molar-refractivity contribution in [1.29, 1.82) is 0 Å². The van der Waals surface area contributed by atoms with Gasteiger partial charge in [0.1, 0.15) is 11.3 Å². The van der Waals surface area contributed by atoms with Crippen LogP contribution in [0.5, 0.6) is 0 Å². The van der Waals surface area contributed by atoms with Crippen molar-refractivity contribution in [1.82, 2.24) is 5.32 Å². The highest BCUT2D eigenvalue weighted by Crippen LogP contribution is 2.42. The molecule has 1 N–H and O–H groups in total. The molecule has 3 aliphatic rings. The lowest BCUT2D eigenvalue weighted by Gasteiger charge is -2.17. The van der Waals surface area contributed by atoms with Crippen LogP contribution in [-0.4, -0.2) is 11.9 Å². The van der Waals surface area contributed by atoms with Gasteiger partial charge in [0.2, 0.25) is 5.43 Å². The first-order valence-electron chi connectivity index (χ1n) is 11.7. The quantitative estimate of drug-likeness (QED) is 0.262. The smallest absolute Gasteiger partial charge is 0.251 e. The van der Waals surface area contributed by atoms with Gasteiger partial charge in [0.15, 0.2) is 0 Å². The lowest BCUT2D eigenvalue weighted by Crippen LogP contribution is -2.35. The molecule has 0 radical (unpaired) electrons. The topological polar surface area (TPSA) is 59.3 Å². The molecule has 1 amide bonds. The zero-order valence-electron chi connectivity index (χ0n) is 19.4. The fourth-order valence-electron chi connectivity index (χ4n) is 5.04. The van der Waals surface area contributed by atoms with Gasteiger partial charge in [-0.25, -0.2) is 0 Å². The normalized spacial score (nSPS) is 13.3. The number of amides is 1. The molecule has 6 rings (SSSR count). The molecule has 0 bridgehead atoms. The van der Waals surface area contributed by atoms with Gasteiger partial charge in [-0.15, -0.1) is 0 Å². The molecule has 0 fully saturated rings. The fraction of sp³-hybridized carbons (Fsp3) is 0.133. The Morgan fingerprint density at radius 2 is 1.61 bits per heavy atom. The van der Waals surface area contributed by atoms with Crippen LogP contribution in [0.2, 0.25) is 10.0 Å². The highest BCUT2D eigenvalue weighted by molar-refractivity contribution is 6.32. The molecule has 0 aromatic heterocycles. The first kappa shape index (κ1) is 22.8. The second-order valence-electron chi connectivity index (χ2n) is 9.28. The molecule has 0 unspecified atom stereocenters. The van der Waals surface area contributed by atoms with Crippen LogP contribution in [0.25, 0.3) is 33.4 Å². The van der Waals surface area contributed by atoms with Crippen molar-refractivity contribution in [2.45, 2.75) is 25.8 Å². The molecule has 3 aromatic rings. The Labute approximate surface area is 217 Å². The standard InChI is InChI=1S/C30H21Cl2NO3/c1-16-10-27-22(13-24(16)31)29(23-14-25(32)26(34)15-28(23)36-27)17-6-8-18(9-7-17)30(35)33-21-11-19-4-2-3-5-20(19)12-21/h2-10,13-15,21H,11-12H2,1H3,(H,33,35).